The van der Waals surface area contributed by atoms with Crippen molar-refractivity contribution in [3.8, 4) is 11.5 Å². The average molecular weight is 448 g/mol. The second-order valence-electron chi connectivity index (χ2n) is 4.48. The zero-order valence-electron chi connectivity index (χ0n) is 13.5. The van der Waals surface area contributed by atoms with E-state index in [4.69, 9.17) is 9.47 Å². The molecule has 0 unspecified atom stereocenters. The quantitative estimate of drug-likeness (QED) is 0.418. The van der Waals surface area contributed by atoms with E-state index in [1.807, 2.05) is 30.6 Å². The number of rotatable bonds is 5. The Labute approximate surface area is 157 Å². The Morgan fingerprint density at radius 1 is 1.26 bits per heavy atom. The number of benzene rings is 1. The lowest BCUT2D eigenvalue weighted by atomic mass is 10.2. The number of thiazole rings is 1. The summed E-state index contributed by atoms with van der Waals surface area (Å²) in [6.07, 6.45) is 0. The highest BCUT2D eigenvalue weighted by Gasteiger charge is 2.07. The zero-order chi connectivity index (χ0) is 15.9. The van der Waals surface area contributed by atoms with Gasteiger partial charge in [-0.25, -0.2) is 4.98 Å². The van der Waals surface area contributed by atoms with E-state index >= 15 is 0 Å². The average Bonchev–Trinajstić information content (AvgIpc) is 2.96. The molecule has 0 aliphatic rings. The maximum atomic E-state index is 5.29. The molecule has 6 nitrogen and oxygen atoms in total. The largest absolute Gasteiger partial charge is 0.493 e. The number of halogens is 1. The molecule has 2 rings (SSSR count). The Hall–Kier alpha value is -1.55. The number of aromatic nitrogens is 1. The van der Waals surface area contributed by atoms with Crippen LogP contribution in [0.5, 0.6) is 11.5 Å². The number of aliphatic imine (C=N–C) groups is 1. The molecule has 0 aliphatic carbocycles. The third-order valence-corrected chi connectivity index (χ3v) is 4.07. The van der Waals surface area contributed by atoms with Crippen molar-refractivity contribution in [3.63, 3.8) is 0 Å². The molecule has 2 N–H and O–H groups in total. The summed E-state index contributed by atoms with van der Waals surface area (Å²) < 4.78 is 10.5. The monoisotopic (exact) mass is 448 g/mol. The SMILES string of the molecule is CN=C(NCc1scnc1C)Nc1ccc(OC)c(OC)c1.I. The van der Waals surface area contributed by atoms with Crippen LogP contribution in [0.1, 0.15) is 10.6 Å². The number of anilines is 1. The van der Waals surface area contributed by atoms with Crippen LogP contribution in [0.25, 0.3) is 0 Å². The number of methoxy groups -OCH3 is 2. The molecule has 1 heterocycles. The molecule has 0 atom stereocenters. The summed E-state index contributed by atoms with van der Waals surface area (Å²) in [7, 11) is 4.96. The minimum absolute atomic E-state index is 0. The van der Waals surface area contributed by atoms with Gasteiger partial charge >= 0.3 is 0 Å². The van der Waals surface area contributed by atoms with Crippen molar-refractivity contribution in [2.75, 3.05) is 26.6 Å². The van der Waals surface area contributed by atoms with Crippen LogP contribution < -0.4 is 20.1 Å². The van der Waals surface area contributed by atoms with Crippen molar-refractivity contribution in [1.29, 1.82) is 0 Å². The lowest BCUT2D eigenvalue weighted by Crippen LogP contribution is -2.30. The summed E-state index contributed by atoms with van der Waals surface area (Å²) in [4.78, 5) is 9.64. The van der Waals surface area contributed by atoms with Gasteiger partial charge in [-0.15, -0.1) is 35.3 Å². The molecule has 1 aromatic carbocycles. The van der Waals surface area contributed by atoms with Gasteiger partial charge in [-0.3, -0.25) is 4.99 Å². The van der Waals surface area contributed by atoms with Gasteiger partial charge in [0.2, 0.25) is 0 Å². The van der Waals surface area contributed by atoms with Crippen LogP contribution in [0.3, 0.4) is 0 Å². The summed E-state index contributed by atoms with van der Waals surface area (Å²) in [6.45, 7) is 2.68. The van der Waals surface area contributed by atoms with Crippen LogP contribution in [0.2, 0.25) is 0 Å². The van der Waals surface area contributed by atoms with E-state index in [1.165, 1.54) is 4.88 Å². The second-order valence-corrected chi connectivity index (χ2v) is 5.42. The fourth-order valence-electron chi connectivity index (χ4n) is 1.89. The van der Waals surface area contributed by atoms with Crippen molar-refractivity contribution in [3.05, 3.63) is 34.3 Å². The number of hydrogen-bond acceptors (Lipinski definition) is 5. The molecule has 0 bridgehead atoms. The Kier molecular flexibility index (Phi) is 8.10. The Balaban J connectivity index is 0.00000264. The molecule has 0 spiro atoms. The van der Waals surface area contributed by atoms with E-state index in [0.29, 0.717) is 24.0 Å². The first kappa shape index (κ1) is 19.5. The van der Waals surface area contributed by atoms with Crippen molar-refractivity contribution in [2.45, 2.75) is 13.5 Å². The first-order valence-corrected chi connectivity index (χ1v) is 7.64. The summed E-state index contributed by atoms with van der Waals surface area (Å²) in [5.41, 5.74) is 3.75. The molecule has 8 heteroatoms. The third-order valence-electron chi connectivity index (χ3n) is 3.13. The molecule has 0 amide bonds. The summed E-state index contributed by atoms with van der Waals surface area (Å²) >= 11 is 1.63. The minimum atomic E-state index is 0. The van der Waals surface area contributed by atoms with E-state index in [2.05, 4.69) is 20.6 Å². The van der Waals surface area contributed by atoms with Crippen LogP contribution in [0, 0.1) is 6.92 Å². The number of hydrogen-bond donors (Lipinski definition) is 2. The van der Waals surface area contributed by atoms with Crippen LogP contribution in [-0.4, -0.2) is 32.2 Å². The predicted molar refractivity (Wildman–Crippen MR) is 106 cm³/mol. The molecule has 1 aromatic heterocycles. The molecule has 0 radical (unpaired) electrons. The van der Waals surface area contributed by atoms with Gasteiger partial charge in [0.1, 0.15) is 0 Å². The van der Waals surface area contributed by atoms with Crippen molar-refractivity contribution in [2.24, 2.45) is 4.99 Å². The van der Waals surface area contributed by atoms with E-state index in [-0.39, 0.29) is 24.0 Å². The molecular formula is C15H21IN4O2S. The molecule has 0 saturated carbocycles. The van der Waals surface area contributed by atoms with Gasteiger partial charge in [0, 0.05) is 23.7 Å². The first-order valence-electron chi connectivity index (χ1n) is 6.76. The van der Waals surface area contributed by atoms with Crippen molar-refractivity contribution in [1.82, 2.24) is 10.3 Å². The Morgan fingerprint density at radius 3 is 2.57 bits per heavy atom. The highest BCUT2D eigenvalue weighted by molar-refractivity contribution is 14.0. The second kappa shape index (κ2) is 9.56. The van der Waals surface area contributed by atoms with Gasteiger partial charge in [0.05, 0.1) is 32.0 Å². The minimum Gasteiger partial charge on any atom is -0.493 e. The van der Waals surface area contributed by atoms with Crippen LogP contribution in [-0.2, 0) is 6.54 Å². The standard InChI is InChI=1S/C15H20N4O2S.HI/c1-10-14(22-9-18-10)8-17-15(16-2)19-11-5-6-12(20-3)13(7-11)21-4;/h5-7,9H,8H2,1-4H3,(H2,16,17,19);1H. The number of guanidine groups is 1. The molecular weight excluding hydrogens is 427 g/mol. The molecule has 126 valence electrons. The number of aryl methyl sites for hydroxylation is 1. The first-order chi connectivity index (χ1) is 10.7. The van der Waals surface area contributed by atoms with E-state index in [0.717, 1.165) is 11.4 Å². The predicted octanol–water partition coefficient (Wildman–Crippen LogP) is 3.27. The van der Waals surface area contributed by atoms with E-state index in [1.54, 1.807) is 32.6 Å². The normalized spacial score (nSPS) is 10.7. The topological polar surface area (TPSA) is 67.8 Å². The van der Waals surface area contributed by atoms with Crippen molar-refractivity contribution >= 4 is 47.0 Å². The van der Waals surface area contributed by atoms with Crippen LogP contribution in [0.4, 0.5) is 5.69 Å². The maximum absolute atomic E-state index is 5.29. The molecule has 0 aliphatic heterocycles. The molecule has 0 saturated heterocycles. The van der Waals surface area contributed by atoms with Gasteiger partial charge in [0.25, 0.3) is 0 Å². The van der Waals surface area contributed by atoms with E-state index in [9.17, 15) is 0 Å². The molecule has 2 aromatic rings. The third kappa shape index (κ3) is 5.24. The van der Waals surface area contributed by atoms with Gasteiger partial charge in [-0.05, 0) is 19.1 Å². The highest BCUT2D eigenvalue weighted by Crippen LogP contribution is 2.29. The zero-order valence-corrected chi connectivity index (χ0v) is 16.7. The van der Waals surface area contributed by atoms with Gasteiger partial charge in [0.15, 0.2) is 17.5 Å². The number of nitrogens with zero attached hydrogens (tertiary/aromatic N) is 2. The maximum Gasteiger partial charge on any atom is 0.195 e. The lowest BCUT2D eigenvalue weighted by molar-refractivity contribution is 0.355. The molecule has 23 heavy (non-hydrogen) atoms. The Bertz CT molecular complexity index is 661. The van der Waals surface area contributed by atoms with Crippen molar-refractivity contribution < 1.29 is 9.47 Å². The summed E-state index contributed by atoms with van der Waals surface area (Å²) in [6, 6.07) is 5.62. The number of ether oxygens (including phenoxy) is 2. The lowest BCUT2D eigenvalue weighted by Gasteiger charge is -2.13. The van der Waals surface area contributed by atoms with Crippen LogP contribution >= 0.6 is 35.3 Å². The van der Waals surface area contributed by atoms with Crippen LogP contribution in [0.15, 0.2) is 28.7 Å². The van der Waals surface area contributed by atoms with Gasteiger partial charge in [-0.2, -0.15) is 0 Å². The smallest absolute Gasteiger partial charge is 0.195 e. The summed E-state index contributed by atoms with van der Waals surface area (Å²) in [5, 5.41) is 6.49. The Morgan fingerprint density at radius 2 is 2.00 bits per heavy atom. The fourth-order valence-corrected chi connectivity index (χ4v) is 2.61. The molecule has 0 fully saturated rings. The van der Waals surface area contributed by atoms with Gasteiger partial charge in [-0.1, -0.05) is 0 Å². The fraction of sp³-hybridized carbons (Fsp3) is 0.333. The highest BCUT2D eigenvalue weighted by atomic mass is 127. The van der Waals surface area contributed by atoms with Gasteiger partial charge < -0.3 is 20.1 Å². The number of nitrogens with one attached hydrogen (secondary N) is 2. The summed E-state index contributed by atoms with van der Waals surface area (Å²) in [5.74, 6) is 2.04. The van der Waals surface area contributed by atoms with E-state index < -0.39 is 0 Å².